The SMILES string of the molecule is Clc1oc2cccnc2c1Sc1ccccc1. The van der Waals surface area contributed by atoms with Crippen molar-refractivity contribution in [2.45, 2.75) is 9.79 Å². The van der Waals surface area contributed by atoms with Gasteiger partial charge in [0.2, 0.25) is 5.22 Å². The number of pyridine rings is 1. The van der Waals surface area contributed by atoms with Crippen molar-refractivity contribution in [1.29, 1.82) is 0 Å². The molecule has 2 heterocycles. The minimum atomic E-state index is 0.396. The normalized spacial score (nSPS) is 10.9. The molecule has 0 bridgehead atoms. The number of furan rings is 1. The summed E-state index contributed by atoms with van der Waals surface area (Å²) in [5, 5.41) is 0.396. The fourth-order valence-electron chi connectivity index (χ4n) is 1.57. The zero-order valence-corrected chi connectivity index (χ0v) is 10.3. The van der Waals surface area contributed by atoms with Gasteiger partial charge in [0.25, 0.3) is 0 Å². The highest BCUT2D eigenvalue weighted by Gasteiger charge is 2.14. The lowest BCUT2D eigenvalue weighted by atomic mass is 10.4. The predicted molar refractivity (Wildman–Crippen MR) is 69.6 cm³/mol. The Morgan fingerprint density at radius 3 is 2.71 bits per heavy atom. The van der Waals surface area contributed by atoms with Crippen LogP contribution in [0.3, 0.4) is 0 Å². The second-order valence-corrected chi connectivity index (χ2v) is 4.90. The lowest BCUT2D eigenvalue weighted by molar-refractivity contribution is 0.610. The van der Waals surface area contributed by atoms with Gasteiger partial charge in [0.15, 0.2) is 5.58 Å². The van der Waals surface area contributed by atoms with Gasteiger partial charge >= 0.3 is 0 Å². The number of halogens is 1. The van der Waals surface area contributed by atoms with E-state index in [1.165, 1.54) is 0 Å². The van der Waals surface area contributed by atoms with E-state index in [0.29, 0.717) is 5.22 Å². The van der Waals surface area contributed by atoms with Crippen molar-refractivity contribution in [3.8, 4) is 0 Å². The molecule has 3 aromatic rings. The smallest absolute Gasteiger partial charge is 0.210 e. The Balaban J connectivity index is 2.08. The molecule has 4 heteroatoms. The molecule has 0 unspecified atom stereocenters. The molecule has 84 valence electrons. The molecule has 0 fully saturated rings. The maximum absolute atomic E-state index is 6.09. The molecule has 2 nitrogen and oxygen atoms in total. The zero-order valence-electron chi connectivity index (χ0n) is 8.76. The fourth-order valence-corrected chi connectivity index (χ4v) is 2.76. The molecule has 3 rings (SSSR count). The standard InChI is InChI=1S/C13H8ClNOS/c14-13-12(17-9-5-2-1-3-6-9)11-10(16-13)7-4-8-15-11/h1-8H. The summed E-state index contributed by atoms with van der Waals surface area (Å²) in [7, 11) is 0. The van der Waals surface area contributed by atoms with Gasteiger partial charge < -0.3 is 4.42 Å². The van der Waals surface area contributed by atoms with Crippen LogP contribution >= 0.6 is 23.4 Å². The third-order valence-corrected chi connectivity index (χ3v) is 3.80. The number of benzene rings is 1. The van der Waals surface area contributed by atoms with E-state index < -0.39 is 0 Å². The molecular weight excluding hydrogens is 254 g/mol. The number of aromatic nitrogens is 1. The molecule has 2 aromatic heterocycles. The lowest BCUT2D eigenvalue weighted by Crippen LogP contribution is -1.75. The Morgan fingerprint density at radius 2 is 1.88 bits per heavy atom. The maximum Gasteiger partial charge on any atom is 0.210 e. The first kappa shape index (κ1) is 10.7. The van der Waals surface area contributed by atoms with Crippen LogP contribution in [0.1, 0.15) is 0 Å². The van der Waals surface area contributed by atoms with Gasteiger partial charge in [0.1, 0.15) is 5.52 Å². The molecule has 0 amide bonds. The van der Waals surface area contributed by atoms with Gasteiger partial charge in [-0.15, -0.1) is 0 Å². The molecule has 0 radical (unpaired) electrons. The van der Waals surface area contributed by atoms with Gasteiger partial charge in [-0.1, -0.05) is 30.0 Å². The Bertz CT molecular complexity index is 651. The highest BCUT2D eigenvalue weighted by Crippen LogP contribution is 2.39. The Hall–Kier alpha value is -1.45. The quantitative estimate of drug-likeness (QED) is 0.673. The third kappa shape index (κ3) is 2.04. The Labute approximate surface area is 108 Å². The Morgan fingerprint density at radius 1 is 1.06 bits per heavy atom. The summed E-state index contributed by atoms with van der Waals surface area (Å²) in [4.78, 5) is 6.28. The highest BCUT2D eigenvalue weighted by molar-refractivity contribution is 7.99. The summed E-state index contributed by atoms with van der Waals surface area (Å²) in [6, 6.07) is 13.7. The van der Waals surface area contributed by atoms with E-state index >= 15 is 0 Å². The third-order valence-electron chi connectivity index (χ3n) is 2.33. The maximum atomic E-state index is 6.09. The summed E-state index contributed by atoms with van der Waals surface area (Å²) in [5.41, 5.74) is 1.53. The van der Waals surface area contributed by atoms with Gasteiger partial charge in [-0.25, -0.2) is 0 Å². The fraction of sp³-hybridized carbons (Fsp3) is 0. The van der Waals surface area contributed by atoms with Gasteiger partial charge in [-0.05, 0) is 35.9 Å². The average molecular weight is 262 g/mol. The van der Waals surface area contributed by atoms with Crippen molar-refractivity contribution in [2.24, 2.45) is 0 Å². The number of fused-ring (bicyclic) bond motifs is 1. The number of rotatable bonds is 2. The van der Waals surface area contributed by atoms with E-state index in [-0.39, 0.29) is 0 Å². The van der Waals surface area contributed by atoms with Crippen LogP contribution in [0.4, 0.5) is 0 Å². The van der Waals surface area contributed by atoms with Crippen LogP contribution in [-0.2, 0) is 0 Å². The monoisotopic (exact) mass is 261 g/mol. The first-order valence-electron chi connectivity index (χ1n) is 5.10. The van der Waals surface area contributed by atoms with Gasteiger partial charge in [0.05, 0.1) is 4.90 Å². The molecule has 1 aromatic carbocycles. The van der Waals surface area contributed by atoms with E-state index in [9.17, 15) is 0 Å². The highest BCUT2D eigenvalue weighted by atomic mass is 35.5. The second-order valence-electron chi connectivity index (χ2n) is 3.47. The molecule has 0 saturated heterocycles. The minimum Gasteiger partial charge on any atom is -0.442 e. The van der Waals surface area contributed by atoms with Crippen LogP contribution in [0.5, 0.6) is 0 Å². The largest absolute Gasteiger partial charge is 0.442 e. The van der Waals surface area contributed by atoms with E-state index in [1.807, 2.05) is 42.5 Å². The van der Waals surface area contributed by atoms with Crippen LogP contribution < -0.4 is 0 Å². The van der Waals surface area contributed by atoms with E-state index in [4.69, 9.17) is 16.0 Å². The Kier molecular flexibility index (Phi) is 2.79. The van der Waals surface area contributed by atoms with E-state index in [2.05, 4.69) is 4.98 Å². The topological polar surface area (TPSA) is 26.0 Å². The van der Waals surface area contributed by atoms with Gasteiger partial charge in [-0.3, -0.25) is 4.98 Å². The second kappa shape index (κ2) is 4.43. The lowest BCUT2D eigenvalue weighted by Gasteiger charge is -1.98. The van der Waals surface area contributed by atoms with Crippen LogP contribution in [0.2, 0.25) is 5.22 Å². The molecule has 0 saturated carbocycles. The first-order chi connectivity index (χ1) is 8.34. The molecule has 0 aliphatic heterocycles. The number of nitrogens with zero attached hydrogens (tertiary/aromatic N) is 1. The predicted octanol–water partition coefficient (Wildman–Crippen LogP) is 4.63. The van der Waals surface area contributed by atoms with Crippen molar-refractivity contribution in [2.75, 3.05) is 0 Å². The van der Waals surface area contributed by atoms with Gasteiger partial charge in [0, 0.05) is 11.1 Å². The van der Waals surface area contributed by atoms with Crippen LogP contribution in [0, 0.1) is 0 Å². The summed E-state index contributed by atoms with van der Waals surface area (Å²) in [6.07, 6.45) is 1.74. The molecular formula is C13H8ClNOS. The summed E-state index contributed by atoms with van der Waals surface area (Å²) >= 11 is 7.65. The van der Waals surface area contributed by atoms with Crippen molar-refractivity contribution in [3.05, 3.63) is 53.9 Å². The molecule has 0 spiro atoms. The van der Waals surface area contributed by atoms with E-state index in [0.717, 1.165) is 20.9 Å². The zero-order chi connectivity index (χ0) is 11.7. The molecule has 17 heavy (non-hydrogen) atoms. The molecule has 0 aliphatic rings. The number of hydrogen-bond donors (Lipinski definition) is 0. The molecule has 0 N–H and O–H groups in total. The van der Waals surface area contributed by atoms with Crippen molar-refractivity contribution in [1.82, 2.24) is 4.98 Å². The molecule has 0 atom stereocenters. The van der Waals surface area contributed by atoms with Crippen molar-refractivity contribution in [3.63, 3.8) is 0 Å². The summed E-state index contributed by atoms with van der Waals surface area (Å²) in [6.45, 7) is 0. The summed E-state index contributed by atoms with van der Waals surface area (Å²) < 4.78 is 5.45. The van der Waals surface area contributed by atoms with Crippen LogP contribution in [-0.4, -0.2) is 4.98 Å². The van der Waals surface area contributed by atoms with E-state index in [1.54, 1.807) is 18.0 Å². The molecule has 0 aliphatic carbocycles. The number of hydrogen-bond acceptors (Lipinski definition) is 3. The average Bonchev–Trinajstić information content (AvgIpc) is 2.68. The van der Waals surface area contributed by atoms with Crippen molar-refractivity contribution < 1.29 is 4.42 Å². The van der Waals surface area contributed by atoms with Crippen LogP contribution in [0.25, 0.3) is 11.1 Å². The van der Waals surface area contributed by atoms with Crippen molar-refractivity contribution >= 4 is 34.5 Å². The summed E-state index contributed by atoms with van der Waals surface area (Å²) in [5.74, 6) is 0. The van der Waals surface area contributed by atoms with Crippen LogP contribution in [0.15, 0.2) is 62.9 Å². The first-order valence-corrected chi connectivity index (χ1v) is 6.30. The van der Waals surface area contributed by atoms with Gasteiger partial charge in [-0.2, -0.15) is 0 Å². The minimum absolute atomic E-state index is 0.396.